The summed E-state index contributed by atoms with van der Waals surface area (Å²) in [5.41, 5.74) is 8.39. The van der Waals surface area contributed by atoms with Gasteiger partial charge in [0.15, 0.2) is 0 Å². The Labute approximate surface area is 202 Å². The summed E-state index contributed by atoms with van der Waals surface area (Å²) in [6.07, 6.45) is 2.35. The maximum Gasteiger partial charge on any atom is 0.204 e. The molecule has 0 amide bonds. The standard InChI is InChI=1S/C25H23F2N3O2S2/c1-4-16-19(12-32-21(16)14-8-10-15(26)11-9-14)17-6-5-7-18-20(27)23(33-22(17)18)25(2)13-34(31)30(3)24(28)29-25/h5-12H,4,13H2,1-3H3,(H2,28,29). The highest BCUT2D eigenvalue weighted by Gasteiger charge is 2.39. The highest BCUT2D eigenvalue weighted by atomic mass is 32.2. The summed E-state index contributed by atoms with van der Waals surface area (Å²) in [5.74, 6) is 0.247. The second-order valence-corrected chi connectivity index (χ2v) is 11.0. The van der Waals surface area contributed by atoms with E-state index in [1.165, 1.54) is 27.8 Å². The van der Waals surface area contributed by atoms with E-state index in [-0.39, 0.29) is 23.3 Å². The van der Waals surface area contributed by atoms with Crippen molar-refractivity contribution in [1.29, 1.82) is 0 Å². The largest absolute Gasteiger partial charge is 0.463 e. The van der Waals surface area contributed by atoms with Gasteiger partial charge in [-0.05, 0) is 37.6 Å². The molecule has 0 saturated heterocycles. The molecule has 9 heteroatoms. The van der Waals surface area contributed by atoms with Gasteiger partial charge >= 0.3 is 0 Å². The first-order valence-electron chi connectivity index (χ1n) is 10.8. The van der Waals surface area contributed by atoms with Gasteiger partial charge in [-0.3, -0.25) is 4.31 Å². The predicted octanol–water partition coefficient (Wildman–Crippen LogP) is 5.81. The maximum absolute atomic E-state index is 15.7. The lowest BCUT2D eigenvalue weighted by Gasteiger charge is -2.32. The van der Waals surface area contributed by atoms with Crippen molar-refractivity contribution < 1.29 is 17.4 Å². The molecule has 1 aliphatic heterocycles. The van der Waals surface area contributed by atoms with Crippen molar-refractivity contribution in [3.63, 3.8) is 0 Å². The molecule has 2 atom stereocenters. The van der Waals surface area contributed by atoms with Gasteiger partial charge in [0.25, 0.3) is 0 Å². The molecular weight excluding hydrogens is 476 g/mol. The fourth-order valence-corrected chi connectivity index (χ4v) is 6.89. The average Bonchev–Trinajstić information content (AvgIpc) is 3.39. The van der Waals surface area contributed by atoms with Crippen molar-refractivity contribution in [2.45, 2.75) is 25.8 Å². The minimum atomic E-state index is -1.41. The van der Waals surface area contributed by atoms with E-state index in [0.29, 0.717) is 22.4 Å². The second kappa shape index (κ2) is 8.32. The third-order valence-corrected chi connectivity index (χ3v) is 9.26. The third kappa shape index (κ3) is 3.54. The number of nitrogens with two attached hydrogens (primary N) is 1. The Kier molecular flexibility index (Phi) is 5.56. The van der Waals surface area contributed by atoms with Gasteiger partial charge < -0.3 is 10.2 Å². The van der Waals surface area contributed by atoms with Gasteiger partial charge in [-0.2, -0.15) is 0 Å². The van der Waals surface area contributed by atoms with E-state index in [0.717, 1.165) is 27.0 Å². The maximum atomic E-state index is 15.7. The zero-order chi connectivity index (χ0) is 24.2. The van der Waals surface area contributed by atoms with Gasteiger partial charge in [-0.1, -0.05) is 25.1 Å². The molecule has 5 rings (SSSR count). The minimum Gasteiger partial charge on any atom is -0.463 e. The lowest BCUT2D eigenvalue weighted by atomic mass is 9.97. The van der Waals surface area contributed by atoms with Crippen molar-refractivity contribution >= 4 is 38.4 Å². The lowest BCUT2D eigenvalue weighted by molar-refractivity contribution is 0.497. The summed E-state index contributed by atoms with van der Waals surface area (Å²) < 4.78 is 49.8. The first-order valence-corrected chi connectivity index (χ1v) is 12.9. The molecule has 2 aromatic carbocycles. The third-order valence-electron chi connectivity index (χ3n) is 6.18. The number of thiophene rings is 1. The van der Waals surface area contributed by atoms with E-state index in [1.807, 2.05) is 19.1 Å². The van der Waals surface area contributed by atoms with Gasteiger partial charge in [-0.15, -0.1) is 11.3 Å². The second-order valence-electron chi connectivity index (χ2n) is 8.45. The van der Waals surface area contributed by atoms with Crippen LogP contribution in [0.15, 0.2) is 58.1 Å². The number of nitrogens with zero attached hydrogens (tertiary/aromatic N) is 2. The normalized spacial score (nSPS) is 20.7. The van der Waals surface area contributed by atoms with Crippen LogP contribution in [0.1, 0.15) is 24.3 Å². The van der Waals surface area contributed by atoms with Crippen LogP contribution in [0.3, 0.4) is 0 Å². The van der Waals surface area contributed by atoms with Crippen LogP contribution in [0, 0.1) is 11.6 Å². The van der Waals surface area contributed by atoms with Crippen LogP contribution in [-0.4, -0.2) is 27.3 Å². The fraction of sp³-hybridized carbons (Fsp3) is 0.240. The molecule has 4 aromatic rings. The Morgan fingerprint density at radius 2 is 1.94 bits per heavy atom. The first-order chi connectivity index (χ1) is 16.2. The van der Waals surface area contributed by atoms with Crippen molar-refractivity contribution in [2.75, 3.05) is 12.8 Å². The lowest BCUT2D eigenvalue weighted by Crippen LogP contribution is -2.47. The highest BCUT2D eigenvalue weighted by Crippen LogP contribution is 2.46. The van der Waals surface area contributed by atoms with Crippen LogP contribution >= 0.6 is 11.3 Å². The zero-order valence-corrected chi connectivity index (χ0v) is 20.5. The Bertz CT molecular complexity index is 1460. The molecule has 2 N–H and O–H groups in total. The molecule has 2 unspecified atom stereocenters. The quantitative estimate of drug-likeness (QED) is 0.385. The van der Waals surface area contributed by atoms with E-state index in [1.54, 1.807) is 38.4 Å². The molecule has 0 bridgehead atoms. The first kappa shape index (κ1) is 22.7. The van der Waals surface area contributed by atoms with Crippen molar-refractivity contribution in [1.82, 2.24) is 4.31 Å². The molecule has 0 aliphatic carbocycles. The van der Waals surface area contributed by atoms with E-state index in [2.05, 4.69) is 4.99 Å². The molecule has 3 heterocycles. The molecule has 0 spiro atoms. The number of aliphatic imine (C=N–C) groups is 1. The Morgan fingerprint density at radius 3 is 2.62 bits per heavy atom. The van der Waals surface area contributed by atoms with Crippen molar-refractivity contribution in [3.05, 3.63) is 70.8 Å². The molecular formula is C25H23F2N3O2S2. The van der Waals surface area contributed by atoms with Gasteiger partial charge in [0.1, 0.15) is 33.9 Å². The Balaban J connectivity index is 1.68. The van der Waals surface area contributed by atoms with Crippen molar-refractivity contribution in [2.24, 2.45) is 10.7 Å². The number of rotatable bonds is 4. The summed E-state index contributed by atoms with van der Waals surface area (Å²) in [6, 6.07) is 11.7. The minimum absolute atomic E-state index is 0.121. The number of benzene rings is 2. The van der Waals surface area contributed by atoms with E-state index in [9.17, 15) is 8.60 Å². The van der Waals surface area contributed by atoms with Gasteiger partial charge in [0, 0.05) is 39.4 Å². The van der Waals surface area contributed by atoms with E-state index >= 15 is 4.39 Å². The molecule has 0 radical (unpaired) electrons. The summed E-state index contributed by atoms with van der Waals surface area (Å²) in [7, 11) is 0.204. The topological polar surface area (TPSA) is 71.8 Å². The molecule has 34 heavy (non-hydrogen) atoms. The van der Waals surface area contributed by atoms with E-state index in [4.69, 9.17) is 10.2 Å². The van der Waals surface area contributed by atoms with Crippen LogP contribution in [0.5, 0.6) is 0 Å². The molecule has 0 saturated carbocycles. The van der Waals surface area contributed by atoms with E-state index < -0.39 is 16.5 Å². The Hall–Kier alpha value is -3.04. The fourth-order valence-electron chi connectivity index (χ4n) is 4.36. The molecule has 5 nitrogen and oxygen atoms in total. The van der Waals surface area contributed by atoms with Crippen LogP contribution in [-0.2, 0) is 22.9 Å². The van der Waals surface area contributed by atoms with Crippen LogP contribution in [0.25, 0.3) is 32.5 Å². The molecule has 1 aliphatic rings. The summed E-state index contributed by atoms with van der Waals surface area (Å²) in [5, 5.41) is 0.476. The number of furan rings is 1. The van der Waals surface area contributed by atoms with Crippen LogP contribution < -0.4 is 5.73 Å². The highest BCUT2D eigenvalue weighted by molar-refractivity contribution is 7.83. The average molecular weight is 500 g/mol. The van der Waals surface area contributed by atoms with Gasteiger partial charge in [0.2, 0.25) is 5.96 Å². The number of hydrogen-bond donors (Lipinski definition) is 1. The summed E-state index contributed by atoms with van der Waals surface area (Å²) >= 11 is 1.30. The zero-order valence-electron chi connectivity index (χ0n) is 18.9. The molecule has 176 valence electrons. The monoisotopic (exact) mass is 499 g/mol. The smallest absolute Gasteiger partial charge is 0.204 e. The number of halogens is 2. The number of fused-ring (bicyclic) bond motifs is 1. The summed E-state index contributed by atoms with van der Waals surface area (Å²) in [4.78, 5) is 4.91. The Morgan fingerprint density at radius 1 is 1.21 bits per heavy atom. The van der Waals surface area contributed by atoms with Crippen LogP contribution in [0.4, 0.5) is 8.78 Å². The SMILES string of the molecule is CCc1c(-c2cccc3c(F)c(C4(C)CS(=O)N(C)C(N)=N4)sc23)coc1-c1ccc(F)cc1. The summed E-state index contributed by atoms with van der Waals surface area (Å²) in [6.45, 7) is 3.79. The molecule has 0 fully saturated rings. The number of guanidine groups is 1. The van der Waals surface area contributed by atoms with Gasteiger partial charge in [0.05, 0.1) is 16.9 Å². The van der Waals surface area contributed by atoms with Crippen molar-refractivity contribution in [3.8, 4) is 22.5 Å². The molecule has 2 aromatic heterocycles. The predicted molar refractivity (Wildman–Crippen MR) is 134 cm³/mol. The number of hydrogen-bond acceptors (Lipinski definition) is 5. The van der Waals surface area contributed by atoms with Crippen LogP contribution in [0.2, 0.25) is 0 Å². The van der Waals surface area contributed by atoms with Gasteiger partial charge in [-0.25, -0.2) is 18.0 Å².